The smallest absolute Gasteiger partial charge is 0.0691 e. The average molecular weight is 129 g/mol. The second-order valence-corrected chi connectivity index (χ2v) is 3.15. The number of hydrogen-bond acceptors (Lipinski definition) is 2. The molecule has 3 N–H and O–H groups in total. The molecule has 1 aliphatic carbocycles. The lowest BCUT2D eigenvalue weighted by atomic mass is 9.86. The number of aliphatic hydroxyl groups is 1. The van der Waals surface area contributed by atoms with E-state index in [1.165, 1.54) is 0 Å². The normalized spacial score (nSPS) is 45.0. The van der Waals surface area contributed by atoms with Gasteiger partial charge in [0.05, 0.1) is 6.10 Å². The topological polar surface area (TPSA) is 46.2 Å². The number of nitrogens with two attached hydrogens (primary N) is 1. The molecule has 0 aromatic carbocycles. The highest BCUT2D eigenvalue weighted by molar-refractivity contribution is 4.79. The predicted octanol–water partition coefficient (Wildman–Crippen LogP) is 0.495. The van der Waals surface area contributed by atoms with Crippen molar-refractivity contribution < 1.29 is 5.11 Å². The molecular weight excluding hydrogens is 114 g/mol. The average Bonchev–Trinajstić information content (AvgIpc) is 1.80. The van der Waals surface area contributed by atoms with Gasteiger partial charge in [0.1, 0.15) is 0 Å². The minimum Gasteiger partial charge on any atom is -0.392 e. The summed E-state index contributed by atoms with van der Waals surface area (Å²) in [6.07, 6.45) is 2.78. The van der Waals surface area contributed by atoms with E-state index in [-0.39, 0.29) is 12.1 Å². The van der Waals surface area contributed by atoms with Crippen molar-refractivity contribution in [3.63, 3.8) is 0 Å². The van der Waals surface area contributed by atoms with Gasteiger partial charge in [-0.05, 0) is 25.2 Å². The first-order chi connectivity index (χ1) is 4.20. The lowest BCUT2D eigenvalue weighted by Crippen LogP contribution is -2.39. The highest BCUT2D eigenvalue weighted by Gasteiger charge is 2.23. The SMILES string of the molecule is CC1CC[C@@H](O)[C@H](N)C1. The van der Waals surface area contributed by atoms with Crippen molar-refractivity contribution in [3.8, 4) is 0 Å². The molecule has 1 aliphatic rings. The first kappa shape index (κ1) is 7.03. The molecule has 0 aromatic heterocycles. The lowest BCUT2D eigenvalue weighted by molar-refractivity contribution is 0.0906. The van der Waals surface area contributed by atoms with Gasteiger partial charge >= 0.3 is 0 Å². The molecule has 0 aliphatic heterocycles. The third-order valence-electron chi connectivity index (χ3n) is 2.12. The van der Waals surface area contributed by atoms with E-state index in [1.807, 2.05) is 0 Å². The van der Waals surface area contributed by atoms with Crippen LogP contribution in [0.1, 0.15) is 26.2 Å². The quantitative estimate of drug-likeness (QED) is 0.500. The van der Waals surface area contributed by atoms with E-state index in [9.17, 15) is 5.11 Å². The second-order valence-electron chi connectivity index (χ2n) is 3.15. The van der Waals surface area contributed by atoms with Crippen LogP contribution in [-0.2, 0) is 0 Å². The summed E-state index contributed by atoms with van der Waals surface area (Å²) in [7, 11) is 0. The van der Waals surface area contributed by atoms with Gasteiger partial charge in [-0.25, -0.2) is 0 Å². The molecule has 1 saturated carbocycles. The molecule has 1 rings (SSSR count). The maximum Gasteiger partial charge on any atom is 0.0691 e. The molecule has 54 valence electrons. The fourth-order valence-electron chi connectivity index (χ4n) is 1.41. The van der Waals surface area contributed by atoms with Crippen LogP contribution in [0.15, 0.2) is 0 Å². The first-order valence-electron chi connectivity index (χ1n) is 3.64. The molecule has 3 atom stereocenters. The molecule has 2 nitrogen and oxygen atoms in total. The van der Waals surface area contributed by atoms with Crippen LogP contribution in [-0.4, -0.2) is 17.3 Å². The highest BCUT2D eigenvalue weighted by atomic mass is 16.3. The van der Waals surface area contributed by atoms with Gasteiger partial charge in [0.2, 0.25) is 0 Å². The molecule has 1 fully saturated rings. The highest BCUT2D eigenvalue weighted by Crippen LogP contribution is 2.22. The van der Waals surface area contributed by atoms with Gasteiger partial charge < -0.3 is 10.8 Å². The van der Waals surface area contributed by atoms with Crippen LogP contribution in [0, 0.1) is 5.92 Å². The van der Waals surface area contributed by atoms with Gasteiger partial charge in [0.25, 0.3) is 0 Å². The van der Waals surface area contributed by atoms with Crippen molar-refractivity contribution in [2.75, 3.05) is 0 Å². The summed E-state index contributed by atoms with van der Waals surface area (Å²) in [5, 5.41) is 9.17. The Morgan fingerprint density at radius 1 is 1.44 bits per heavy atom. The van der Waals surface area contributed by atoms with E-state index in [0.29, 0.717) is 5.92 Å². The molecule has 9 heavy (non-hydrogen) atoms. The molecule has 0 bridgehead atoms. The van der Waals surface area contributed by atoms with Crippen molar-refractivity contribution in [1.29, 1.82) is 0 Å². The maximum absolute atomic E-state index is 9.17. The lowest BCUT2D eigenvalue weighted by Gasteiger charge is -2.28. The van der Waals surface area contributed by atoms with E-state index in [2.05, 4.69) is 6.92 Å². The van der Waals surface area contributed by atoms with E-state index in [4.69, 9.17) is 5.73 Å². The van der Waals surface area contributed by atoms with Crippen LogP contribution in [0.5, 0.6) is 0 Å². The summed E-state index contributed by atoms with van der Waals surface area (Å²) in [5.74, 6) is 0.711. The molecule has 2 heteroatoms. The Kier molecular flexibility index (Phi) is 2.09. The van der Waals surface area contributed by atoms with Crippen molar-refractivity contribution in [2.45, 2.75) is 38.3 Å². The number of aliphatic hydroxyl groups excluding tert-OH is 1. The predicted molar refractivity (Wildman–Crippen MR) is 37.0 cm³/mol. The van der Waals surface area contributed by atoms with Gasteiger partial charge in [-0.15, -0.1) is 0 Å². The van der Waals surface area contributed by atoms with Crippen molar-refractivity contribution in [3.05, 3.63) is 0 Å². The summed E-state index contributed by atoms with van der Waals surface area (Å²) >= 11 is 0. The minimum atomic E-state index is -0.235. The Balaban J connectivity index is 2.35. The van der Waals surface area contributed by atoms with E-state index in [1.54, 1.807) is 0 Å². The summed E-state index contributed by atoms with van der Waals surface area (Å²) in [6, 6.07) is 0.0359. The van der Waals surface area contributed by atoms with Gasteiger partial charge in [0.15, 0.2) is 0 Å². The van der Waals surface area contributed by atoms with Crippen LogP contribution >= 0.6 is 0 Å². The fourth-order valence-corrected chi connectivity index (χ4v) is 1.41. The van der Waals surface area contributed by atoms with Crippen LogP contribution < -0.4 is 5.73 Å². The molecule has 0 spiro atoms. The Morgan fingerprint density at radius 3 is 2.56 bits per heavy atom. The molecule has 1 unspecified atom stereocenters. The van der Waals surface area contributed by atoms with Gasteiger partial charge in [-0.2, -0.15) is 0 Å². The molecule has 0 amide bonds. The van der Waals surface area contributed by atoms with E-state index >= 15 is 0 Å². The Labute approximate surface area is 56.1 Å². The standard InChI is InChI=1S/C7H15NO/c1-5-2-3-7(9)6(8)4-5/h5-7,9H,2-4,8H2,1H3/t5?,6-,7-/m1/s1. The third kappa shape index (κ3) is 1.66. The summed E-state index contributed by atoms with van der Waals surface area (Å²) in [5.41, 5.74) is 5.62. The Morgan fingerprint density at radius 2 is 2.11 bits per heavy atom. The van der Waals surface area contributed by atoms with Crippen LogP contribution in [0.2, 0.25) is 0 Å². The van der Waals surface area contributed by atoms with Crippen LogP contribution in [0.25, 0.3) is 0 Å². The molecule has 0 aromatic rings. The van der Waals surface area contributed by atoms with Gasteiger partial charge in [-0.3, -0.25) is 0 Å². The number of rotatable bonds is 0. The van der Waals surface area contributed by atoms with Crippen molar-refractivity contribution in [1.82, 2.24) is 0 Å². The summed E-state index contributed by atoms with van der Waals surface area (Å²) < 4.78 is 0. The first-order valence-corrected chi connectivity index (χ1v) is 3.64. The Hall–Kier alpha value is -0.0800. The Bertz CT molecular complexity index is 94.9. The zero-order valence-corrected chi connectivity index (χ0v) is 5.88. The zero-order valence-electron chi connectivity index (χ0n) is 5.88. The maximum atomic E-state index is 9.17. The van der Waals surface area contributed by atoms with E-state index in [0.717, 1.165) is 19.3 Å². The zero-order chi connectivity index (χ0) is 6.85. The van der Waals surface area contributed by atoms with Gasteiger partial charge in [-0.1, -0.05) is 6.92 Å². The van der Waals surface area contributed by atoms with Gasteiger partial charge in [0, 0.05) is 6.04 Å². The number of hydrogen-bond donors (Lipinski definition) is 2. The second kappa shape index (κ2) is 2.67. The van der Waals surface area contributed by atoms with Crippen LogP contribution in [0.4, 0.5) is 0 Å². The third-order valence-corrected chi connectivity index (χ3v) is 2.12. The fraction of sp³-hybridized carbons (Fsp3) is 1.00. The molecule has 0 heterocycles. The molecular formula is C7H15NO. The van der Waals surface area contributed by atoms with E-state index < -0.39 is 0 Å². The summed E-state index contributed by atoms with van der Waals surface area (Å²) in [4.78, 5) is 0. The van der Waals surface area contributed by atoms with Crippen LogP contribution in [0.3, 0.4) is 0 Å². The molecule has 0 radical (unpaired) electrons. The summed E-state index contributed by atoms with van der Waals surface area (Å²) in [6.45, 7) is 2.19. The minimum absolute atomic E-state index is 0.0359. The van der Waals surface area contributed by atoms with Crippen molar-refractivity contribution in [2.24, 2.45) is 11.7 Å². The monoisotopic (exact) mass is 129 g/mol. The molecule has 0 saturated heterocycles. The van der Waals surface area contributed by atoms with Crippen molar-refractivity contribution >= 4 is 0 Å². The largest absolute Gasteiger partial charge is 0.392 e.